The Labute approximate surface area is 104 Å². The molecule has 2 fully saturated rings. The minimum atomic E-state index is -0.326. The summed E-state index contributed by atoms with van der Waals surface area (Å²) in [5.41, 5.74) is 0.749. The van der Waals surface area contributed by atoms with Gasteiger partial charge in [-0.3, -0.25) is 0 Å². The topological polar surface area (TPSA) is 54.8 Å². The van der Waals surface area contributed by atoms with Gasteiger partial charge in [0.25, 0.3) is 0 Å². The third-order valence-corrected chi connectivity index (χ3v) is 4.26. The molecule has 1 aromatic heterocycles. The Balaban J connectivity index is 1.64. The fraction of sp³-hybridized carbons (Fsp3) is 0.727. The Kier molecular flexibility index (Phi) is 3.04. The molecular formula is C11H16N2O3S. The third kappa shape index (κ3) is 2.18. The Morgan fingerprint density at radius 3 is 2.65 bits per heavy atom. The van der Waals surface area contributed by atoms with Crippen LogP contribution in [0.1, 0.15) is 18.5 Å². The third-order valence-electron chi connectivity index (χ3n) is 3.31. The van der Waals surface area contributed by atoms with Crippen molar-refractivity contribution in [3.63, 3.8) is 0 Å². The Morgan fingerprint density at radius 2 is 2.06 bits per heavy atom. The lowest BCUT2D eigenvalue weighted by Gasteiger charge is -2.37. The van der Waals surface area contributed by atoms with E-state index in [-0.39, 0.29) is 12.4 Å². The minimum absolute atomic E-state index is 0.0144. The molecule has 0 unspecified atom stereocenters. The largest absolute Gasteiger partial charge is 0.390 e. The molecule has 2 aliphatic rings. The zero-order valence-corrected chi connectivity index (χ0v) is 10.4. The molecule has 0 radical (unpaired) electrons. The molecular weight excluding hydrogens is 240 g/mol. The molecule has 3 rings (SSSR count). The van der Waals surface area contributed by atoms with Crippen molar-refractivity contribution in [2.45, 2.75) is 25.2 Å². The van der Waals surface area contributed by atoms with Crippen LogP contribution in [0.25, 0.3) is 0 Å². The van der Waals surface area contributed by atoms with Gasteiger partial charge in [0, 0.05) is 31.3 Å². The Hall–Kier alpha value is -0.690. The van der Waals surface area contributed by atoms with Crippen LogP contribution in [0.5, 0.6) is 0 Å². The molecule has 0 aliphatic carbocycles. The van der Waals surface area contributed by atoms with Gasteiger partial charge >= 0.3 is 0 Å². The molecule has 2 aliphatic heterocycles. The van der Waals surface area contributed by atoms with E-state index in [1.165, 1.54) is 0 Å². The summed E-state index contributed by atoms with van der Waals surface area (Å²) in [6.45, 7) is 3.25. The summed E-state index contributed by atoms with van der Waals surface area (Å²) in [5.74, 6) is -0.326. The van der Waals surface area contributed by atoms with Gasteiger partial charge in [-0.05, 0) is 0 Å². The molecule has 0 bridgehead atoms. The number of nitrogens with zero attached hydrogens (tertiary/aromatic N) is 2. The highest BCUT2D eigenvalue weighted by atomic mass is 32.1. The molecule has 0 aromatic carbocycles. The van der Waals surface area contributed by atoms with Crippen molar-refractivity contribution in [2.24, 2.45) is 0 Å². The Bertz CT molecular complexity index is 380. The number of thiazole rings is 1. The van der Waals surface area contributed by atoms with Crippen molar-refractivity contribution in [2.75, 3.05) is 31.2 Å². The molecule has 6 heteroatoms. The summed E-state index contributed by atoms with van der Waals surface area (Å²) in [7, 11) is 0. The van der Waals surface area contributed by atoms with Crippen LogP contribution in [0, 0.1) is 0 Å². The number of ether oxygens (including phenoxy) is 2. The number of anilines is 1. The number of rotatable bonds is 2. The van der Waals surface area contributed by atoms with Crippen LogP contribution >= 0.6 is 11.3 Å². The molecule has 94 valence electrons. The first-order valence-corrected chi connectivity index (χ1v) is 6.77. The van der Waals surface area contributed by atoms with Crippen LogP contribution in [-0.2, 0) is 16.1 Å². The van der Waals surface area contributed by atoms with Gasteiger partial charge in [-0.25, -0.2) is 4.98 Å². The average molecular weight is 256 g/mol. The maximum Gasteiger partial charge on any atom is 0.185 e. The molecule has 2 saturated heterocycles. The van der Waals surface area contributed by atoms with Gasteiger partial charge in [0.1, 0.15) is 0 Å². The standard InChI is InChI=1S/C11H16N2O3S/c14-7-9-8-17-10(12-9)13-3-1-11(2-4-13)15-5-6-16-11/h8,14H,1-7H2. The second kappa shape index (κ2) is 4.53. The predicted molar refractivity (Wildman–Crippen MR) is 64.1 cm³/mol. The van der Waals surface area contributed by atoms with Crippen LogP contribution in [0.3, 0.4) is 0 Å². The second-order valence-electron chi connectivity index (χ2n) is 4.37. The van der Waals surface area contributed by atoms with Crippen molar-refractivity contribution < 1.29 is 14.6 Å². The van der Waals surface area contributed by atoms with Gasteiger partial charge in [-0.15, -0.1) is 11.3 Å². The first-order chi connectivity index (χ1) is 8.31. The quantitative estimate of drug-likeness (QED) is 0.855. The highest BCUT2D eigenvalue weighted by Gasteiger charge is 2.40. The number of piperidine rings is 1. The number of aliphatic hydroxyl groups is 1. The van der Waals surface area contributed by atoms with Gasteiger partial charge in [0.15, 0.2) is 10.9 Å². The van der Waals surface area contributed by atoms with Crippen molar-refractivity contribution in [3.05, 3.63) is 11.1 Å². The number of hydrogen-bond donors (Lipinski definition) is 1. The Morgan fingerprint density at radius 1 is 1.35 bits per heavy atom. The van der Waals surface area contributed by atoms with E-state index in [2.05, 4.69) is 9.88 Å². The maximum atomic E-state index is 9.00. The molecule has 3 heterocycles. The zero-order valence-electron chi connectivity index (χ0n) is 9.59. The lowest BCUT2D eigenvalue weighted by Crippen LogP contribution is -2.45. The molecule has 1 aromatic rings. The van der Waals surface area contributed by atoms with E-state index in [4.69, 9.17) is 14.6 Å². The van der Waals surface area contributed by atoms with E-state index >= 15 is 0 Å². The first kappa shape index (κ1) is 11.4. The summed E-state index contributed by atoms with van der Waals surface area (Å²) in [6.07, 6.45) is 1.78. The smallest absolute Gasteiger partial charge is 0.185 e. The predicted octanol–water partition coefficient (Wildman–Crippen LogP) is 0.979. The van der Waals surface area contributed by atoms with Crippen LogP contribution in [0.15, 0.2) is 5.38 Å². The van der Waals surface area contributed by atoms with Gasteiger partial charge < -0.3 is 19.5 Å². The lowest BCUT2D eigenvalue weighted by molar-refractivity contribution is -0.169. The summed E-state index contributed by atoms with van der Waals surface area (Å²) >= 11 is 1.58. The average Bonchev–Trinajstić information content (AvgIpc) is 3.00. The zero-order chi connectivity index (χ0) is 11.7. The van der Waals surface area contributed by atoms with Gasteiger partial charge in [0.2, 0.25) is 0 Å². The van der Waals surface area contributed by atoms with Crippen LogP contribution in [0.2, 0.25) is 0 Å². The fourth-order valence-electron chi connectivity index (χ4n) is 2.34. The summed E-state index contributed by atoms with van der Waals surface area (Å²) in [6, 6.07) is 0. The van der Waals surface area contributed by atoms with Gasteiger partial charge in [-0.1, -0.05) is 0 Å². The van der Waals surface area contributed by atoms with E-state index in [0.717, 1.165) is 36.8 Å². The number of hydrogen-bond acceptors (Lipinski definition) is 6. The lowest BCUT2D eigenvalue weighted by atomic mass is 10.0. The summed E-state index contributed by atoms with van der Waals surface area (Å²) in [4.78, 5) is 6.62. The monoisotopic (exact) mass is 256 g/mol. The van der Waals surface area contributed by atoms with Gasteiger partial charge in [0.05, 0.1) is 25.5 Å². The fourth-order valence-corrected chi connectivity index (χ4v) is 3.21. The first-order valence-electron chi connectivity index (χ1n) is 5.89. The minimum Gasteiger partial charge on any atom is -0.390 e. The normalized spacial score (nSPS) is 23.5. The summed E-state index contributed by atoms with van der Waals surface area (Å²) < 4.78 is 11.4. The summed E-state index contributed by atoms with van der Waals surface area (Å²) in [5, 5.41) is 11.9. The van der Waals surface area contributed by atoms with Crippen LogP contribution in [0.4, 0.5) is 5.13 Å². The van der Waals surface area contributed by atoms with Gasteiger partial charge in [-0.2, -0.15) is 0 Å². The molecule has 1 N–H and O–H groups in total. The van der Waals surface area contributed by atoms with Crippen molar-refractivity contribution in [1.29, 1.82) is 0 Å². The molecule has 5 nitrogen and oxygen atoms in total. The van der Waals surface area contributed by atoms with Crippen molar-refractivity contribution in [3.8, 4) is 0 Å². The molecule has 17 heavy (non-hydrogen) atoms. The van der Waals surface area contributed by atoms with Crippen LogP contribution in [-0.4, -0.2) is 42.2 Å². The number of aliphatic hydroxyl groups excluding tert-OH is 1. The van der Waals surface area contributed by atoms with E-state index < -0.39 is 0 Å². The molecule has 0 atom stereocenters. The van der Waals surface area contributed by atoms with E-state index in [9.17, 15) is 0 Å². The highest BCUT2D eigenvalue weighted by molar-refractivity contribution is 7.13. The van der Waals surface area contributed by atoms with Crippen LogP contribution < -0.4 is 4.90 Å². The highest BCUT2D eigenvalue weighted by Crippen LogP contribution is 2.33. The maximum absolute atomic E-state index is 9.00. The molecule has 0 amide bonds. The molecule has 0 saturated carbocycles. The SMILES string of the molecule is OCc1csc(N2CCC3(CC2)OCCO3)n1. The second-order valence-corrected chi connectivity index (χ2v) is 5.21. The van der Waals surface area contributed by atoms with E-state index in [0.29, 0.717) is 13.2 Å². The van der Waals surface area contributed by atoms with Crippen molar-refractivity contribution >= 4 is 16.5 Å². The molecule has 1 spiro atoms. The van der Waals surface area contributed by atoms with E-state index in [1.54, 1.807) is 11.3 Å². The van der Waals surface area contributed by atoms with E-state index in [1.807, 2.05) is 5.38 Å². The van der Waals surface area contributed by atoms with Crippen molar-refractivity contribution in [1.82, 2.24) is 4.98 Å². The number of aromatic nitrogens is 1.